The molecule has 0 bridgehead atoms. The quantitative estimate of drug-likeness (QED) is 0.738. The number of hydrogen-bond acceptors (Lipinski definition) is 3. The van der Waals surface area contributed by atoms with Crippen molar-refractivity contribution in [2.24, 2.45) is 0 Å². The summed E-state index contributed by atoms with van der Waals surface area (Å²) in [4.78, 5) is 8.29. The Morgan fingerprint density at radius 3 is 1.90 bits per heavy atom. The molecule has 0 spiro atoms. The molecule has 0 fully saturated rings. The first kappa shape index (κ1) is 14.9. The average molecular weight is 280 g/mol. The largest absolute Gasteiger partial charge is 0.282 e. The van der Waals surface area contributed by atoms with E-state index in [4.69, 9.17) is 0 Å². The molecule has 0 unspecified atom stereocenters. The fraction of sp³-hybridized carbons (Fsp3) is 0.235. The molecule has 3 rings (SSSR count). The number of pyridine rings is 2. The van der Waals surface area contributed by atoms with Crippen molar-refractivity contribution in [3.63, 3.8) is 0 Å². The highest BCUT2D eigenvalue weighted by molar-refractivity contribution is 5.57. The lowest BCUT2D eigenvalue weighted by molar-refractivity contribution is 1.05. The Balaban J connectivity index is 0.000000173. The molecule has 3 aromatic heterocycles. The number of nitrogens with one attached hydrogen (secondary N) is 1. The fourth-order valence-electron chi connectivity index (χ4n) is 1.73. The van der Waals surface area contributed by atoms with Gasteiger partial charge < -0.3 is 0 Å². The van der Waals surface area contributed by atoms with Crippen molar-refractivity contribution in [3.05, 3.63) is 65.4 Å². The molecule has 3 heterocycles. The van der Waals surface area contributed by atoms with E-state index >= 15 is 0 Å². The molecule has 0 atom stereocenters. The molecule has 0 aliphatic carbocycles. The SMILES string of the molecule is Cc1ccc(-c2cc(C)[nH]n2)cn1.Cc1ccc(C)nc1. The van der Waals surface area contributed by atoms with Crippen LogP contribution in [-0.4, -0.2) is 20.2 Å². The van der Waals surface area contributed by atoms with Gasteiger partial charge in [0.1, 0.15) is 0 Å². The zero-order valence-electron chi connectivity index (χ0n) is 12.9. The van der Waals surface area contributed by atoms with E-state index in [1.54, 1.807) is 0 Å². The number of aromatic amines is 1. The maximum absolute atomic E-state index is 4.21. The number of H-pyrrole nitrogens is 1. The van der Waals surface area contributed by atoms with Gasteiger partial charge in [0.05, 0.1) is 5.69 Å². The van der Waals surface area contributed by atoms with Crippen molar-refractivity contribution in [1.82, 2.24) is 20.2 Å². The highest BCUT2D eigenvalue weighted by atomic mass is 15.1. The molecule has 0 aromatic carbocycles. The van der Waals surface area contributed by atoms with E-state index < -0.39 is 0 Å². The van der Waals surface area contributed by atoms with E-state index in [9.17, 15) is 0 Å². The summed E-state index contributed by atoms with van der Waals surface area (Å²) in [5.41, 5.74) is 6.39. The molecule has 1 N–H and O–H groups in total. The van der Waals surface area contributed by atoms with Crippen molar-refractivity contribution in [1.29, 1.82) is 0 Å². The Hall–Kier alpha value is -2.49. The summed E-state index contributed by atoms with van der Waals surface area (Å²) in [6, 6.07) is 10.1. The van der Waals surface area contributed by atoms with Crippen molar-refractivity contribution >= 4 is 0 Å². The summed E-state index contributed by atoms with van der Waals surface area (Å²) in [6.07, 6.45) is 3.71. The Bertz CT molecular complexity index is 661. The van der Waals surface area contributed by atoms with E-state index in [-0.39, 0.29) is 0 Å². The predicted octanol–water partition coefficient (Wildman–Crippen LogP) is 3.79. The van der Waals surface area contributed by atoms with Crippen LogP contribution >= 0.6 is 0 Å². The lowest BCUT2D eigenvalue weighted by Crippen LogP contribution is -1.82. The number of hydrogen-bond donors (Lipinski definition) is 1. The summed E-state index contributed by atoms with van der Waals surface area (Å²) in [5.74, 6) is 0. The summed E-state index contributed by atoms with van der Waals surface area (Å²) in [7, 11) is 0. The number of aryl methyl sites for hydroxylation is 4. The molecule has 0 amide bonds. The Kier molecular flexibility index (Phi) is 4.82. The van der Waals surface area contributed by atoms with Crippen LogP contribution in [0.5, 0.6) is 0 Å². The van der Waals surface area contributed by atoms with Gasteiger partial charge in [-0.05, 0) is 57.5 Å². The molecular weight excluding hydrogens is 260 g/mol. The van der Waals surface area contributed by atoms with Crippen LogP contribution in [0.1, 0.15) is 22.6 Å². The van der Waals surface area contributed by atoms with Gasteiger partial charge in [0.2, 0.25) is 0 Å². The normalized spacial score (nSPS) is 9.90. The first-order chi connectivity index (χ1) is 10.0. The van der Waals surface area contributed by atoms with Crippen molar-refractivity contribution < 1.29 is 0 Å². The lowest BCUT2D eigenvalue weighted by Gasteiger charge is -1.95. The number of aromatic nitrogens is 4. The lowest BCUT2D eigenvalue weighted by atomic mass is 10.2. The fourth-order valence-corrected chi connectivity index (χ4v) is 1.73. The highest BCUT2D eigenvalue weighted by Crippen LogP contribution is 2.15. The molecule has 4 heteroatoms. The third-order valence-electron chi connectivity index (χ3n) is 2.97. The summed E-state index contributed by atoms with van der Waals surface area (Å²) >= 11 is 0. The van der Waals surface area contributed by atoms with Gasteiger partial charge >= 0.3 is 0 Å². The van der Waals surface area contributed by atoms with E-state index in [0.717, 1.165) is 28.3 Å². The smallest absolute Gasteiger partial charge is 0.0938 e. The summed E-state index contributed by atoms with van der Waals surface area (Å²) in [5, 5.41) is 7.05. The third-order valence-corrected chi connectivity index (χ3v) is 2.97. The van der Waals surface area contributed by atoms with Crippen LogP contribution in [-0.2, 0) is 0 Å². The Morgan fingerprint density at radius 1 is 0.810 bits per heavy atom. The van der Waals surface area contributed by atoms with Crippen LogP contribution in [0.4, 0.5) is 0 Å². The zero-order valence-corrected chi connectivity index (χ0v) is 12.9. The minimum Gasteiger partial charge on any atom is -0.282 e. The minimum absolute atomic E-state index is 0.949. The van der Waals surface area contributed by atoms with Gasteiger partial charge in [-0.3, -0.25) is 15.1 Å². The Morgan fingerprint density at radius 2 is 1.48 bits per heavy atom. The molecule has 3 aromatic rings. The standard InChI is InChI=1S/C10H11N3.C7H9N/c1-7-3-4-9(6-11-7)10-5-8(2)12-13-10;1-6-3-4-7(2)8-5-6/h3-6H,1-2H3,(H,12,13);3-5H,1-2H3. The molecule has 0 saturated heterocycles. The minimum atomic E-state index is 0.949. The molecule has 4 nitrogen and oxygen atoms in total. The van der Waals surface area contributed by atoms with Crippen LogP contribution in [0.15, 0.2) is 42.7 Å². The van der Waals surface area contributed by atoms with Crippen LogP contribution in [0.2, 0.25) is 0 Å². The van der Waals surface area contributed by atoms with Crippen LogP contribution in [0, 0.1) is 27.7 Å². The first-order valence-corrected chi connectivity index (χ1v) is 6.89. The Labute approximate surface area is 125 Å². The zero-order chi connectivity index (χ0) is 15.2. The van der Waals surface area contributed by atoms with Crippen LogP contribution in [0.3, 0.4) is 0 Å². The van der Waals surface area contributed by atoms with Gasteiger partial charge in [0, 0.05) is 35.0 Å². The van der Waals surface area contributed by atoms with Gasteiger partial charge in [0.15, 0.2) is 0 Å². The van der Waals surface area contributed by atoms with Gasteiger partial charge in [-0.25, -0.2) is 0 Å². The van der Waals surface area contributed by atoms with Crippen molar-refractivity contribution in [3.8, 4) is 11.3 Å². The molecule has 108 valence electrons. The summed E-state index contributed by atoms with van der Waals surface area (Å²) < 4.78 is 0. The van der Waals surface area contributed by atoms with Crippen molar-refractivity contribution in [2.75, 3.05) is 0 Å². The van der Waals surface area contributed by atoms with Gasteiger partial charge in [-0.15, -0.1) is 0 Å². The van der Waals surface area contributed by atoms with Gasteiger partial charge in [-0.1, -0.05) is 6.07 Å². The van der Waals surface area contributed by atoms with E-state index in [1.807, 2.05) is 64.4 Å². The second-order valence-corrected chi connectivity index (χ2v) is 5.10. The third kappa shape index (κ3) is 4.53. The molecule has 21 heavy (non-hydrogen) atoms. The average Bonchev–Trinajstić information content (AvgIpc) is 2.90. The topological polar surface area (TPSA) is 54.5 Å². The predicted molar refractivity (Wildman–Crippen MR) is 85.0 cm³/mol. The first-order valence-electron chi connectivity index (χ1n) is 6.89. The van der Waals surface area contributed by atoms with Crippen molar-refractivity contribution in [2.45, 2.75) is 27.7 Å². The molecular formula is C17H20N4. The second kappa shape index (κ2) is 6.79. The van der Waals surface area contributed by atoms with Gasteiger partial charge in [0.25, 0.3) is 0 Å². The van der Waals surface area contributed by atoms with Gasteiger partial charge in [-0.2, -0.15) is 5.10 Å². The highest BCUT2D eigenvalue weighted by Gasteiger charge is 2.00. The molecule has 0 aliphatic rings. The maximum Gasteiger partial charge on any atom is 0.0938 e. The number of nitrogens with zero attached hydrogens (tertiary/aromatic N) is 3. The molecule has 0 saturated carbocycles. The van der Waals surface area contributed by atoms with E-state index in [2.05, 4.69) is 26.2 Å². The second-order valence-electron chi connectivity index (χ2n) is 5.10. The molecule has 0 aliphatic heterocycles. The van der Waals surface area contributed by atoms with Crippen LogP contribution in [0.25, 0.3) is 11.3 Å². The maximum atomic E-state index is 4.21. The van der Waals surface area contributed by atoms with E-state index in [1.165, 1.54) is 5.56 Å². The molecule has 0 radical (unpaired) electrons. The monoisotopic (exact) mass is 280 g/mol. The van der Waals surface area contributed by atoms with Crippen LogP contribution < -0.4 is 0 Å². The summed E-state index contributed by atoms with van der Waals surface area (Å²) in [6.45, 7) is 7.98. The van der Waals surface area contributed by atoms with E-state index in [0.29, 0.717) is 0 Å². The number of rotatable bonds is 1.